The quantitative estimate of drug-likeness (QED) is 0.444. The van der Waals surface area contributed by atoms with Crippen molar-refractivity contribution in [2.75, 3.05) is 39.3 Å². The maximum Gasteiger partial charge on any atom is 0.355 e. The van der Waals surface area contributed by atoms with E-state index in [1.54, 1.807) is 12.1 Å². The molecule has 0 spiro atoms. The Morgan fingerprint density at radius 3 is 2.74 bits per heavy atom. The number of nitrogens with zero attached hydrogens (tertiary/aromatic N) is 3. The molecule has 0 amide bonds. The summed E-state index contributed by atoms with van der Waals surface area (Å²) in [5, 5.41) is 9.09. The summed E-state index contributed by atoms with van der Waals surface area (Å²) in [4.78, 5) is 20.7. The van der Waals surface area contributed by atoms with Crippen molar-refractivity contribution in [3.8, 4) is 17.6 Å². The van der Waals surface area contributed by atoms with E-state index in [4.69, 9.17) is 9.84 Å². The molecule has 1 aromatic heterocycles. The summed E-state index contributed by atoms with van der Waals surface area (Å²) in [6.45, 7) is 5.68. The molecule has 0 bridgehead atoms. The van der Waals surface area contributed by atoms with Gasteiger partial charge in [-0.2, -0.15) is 0 Å². The zero-order chi connectivity index (χ0) is 23.8. The predicted octanol–water partition coefficient (Wildman–Crippen LogP) is 4.29. The lowest BCUT2D eigenvalue weighted by Crippen LogP contribution is -2.46. The van der Waals surface area contributed by atoms with Gasteiger partial charge in [0.25, 0.3) is 0 Å². The molecule has 34 heavy (non-hydrogen) atoms. The fourth-order valence-corrected chi connectivity index (χ4v) is 5.51. The van der Waals surface area contributed by atoms with Crippen LogP contribution in [0.3, 0.4) is 0 Å². The smallest absolute Gasteiger partial charge is 0.355 e. The molecule has 0 saturated carbocycles. The van der Waals surface area contributed by atoms with Crippen LogP contribution in [0.15, 0.2) is 23.7 Å². The molecular formula is C26H32FN3O3S. The van der Waals surface area contributed by atoms with E-state index in [1.807, 2.05) is 0 Å². The Bertz CT molecular complexity index is 1020. The number of thiazole rings is 1. The molecule has 6 nitrogen and oxygen atoms in total. The first kappa shape index (κ1) is 24.6. The van der Waals surface area contributed by atoms with Gasteiger partial charge >= 0.3 is 5.97 Å². The van der Waals surface area contributed by atoms with Crippen molar-refractivity contribution in [2.24, 2.45) is 0 Å². The topological polar surface area (TPSA) is 65.9 Å². The van der Waals surface area contributed by atoms with Crippen molar-refractivity contribution in [1.29, 1.82) is 0 Å². The number of rotatable bonds is 8. The largest absolute Gasteiger partial charge is 0.491 e. The van der Waals surface area contributed by atoms with Crippen LogP contribution in [-0.4, -0.2) is 71.2 Å². The molecule has 1 aromatic carbocycles. The van der Waals surface area contributed by atoms with Crippen LogP contribution in [0.4, 0.5) is 4.39 Å². The highest BCUT2D eigenvalue weighted by Gasteiger charge is 2.25. The number of aryl methyl sites for hydroxylation is 1. The van der Waals surface area contributed by atoms with Gasteiger partial charge in [0.2, 0.25) is 0 Å². The minimum Gasteiger partial charge on any atom is -0.491 e. The highest BCUT2D eigenvalue weighted by Crippen LogP contribution is 2.21. The molecule has 2 fully saturated rings. The first-order chi connectivity index (χ1) is 16.6. The van der Waals surface area contributed by atoms with Gasteiger partial charge in [0.15, 0.2) is 17.3 Å². The monoisotopic (exact) mass is 485 g/mol. The van der Waals surface area contributed by atoms with E-state index >= 15 is 0 Å². The second-order valence-electron chi connectivity index (χ2n) is 8.93. The molecule has 2 aliphatic heterocycles. The maximum atomic E-state index is 14.4. The second-order valence-corrected chi connectivity index (χ2v) is 9.87. The molecule has 4 rings (SSSR count). The molecule has 3 heterocycles. The molecule has 182 valence electrons. The van der Waals surface area contributed by atoms with Gasteiger partial charge in [-0.1, -0.05) is 18.3 Å². The van der Waals surface area contributed by atoms with E-state index in [-0.39, 0.29) is 11.4 Å². The fraction of sp³-hybridized carbons (Fsp3) is 0.538. The van der Waals surface area contributed by atoms with Crippen LogP contribution in [0.1, 0.15) is 59.5 Å². The van der Waals surface area contributed by atoms with Gasteiger partial charge in [0, 0.05) is 29.6 Å². The SMILES string of the molecule is O=C(O)c1ncsc1CCCOc1ccc(C#CCN2CCC(N3CCCCC3)CC2)cc1F. The van der Waals surface area contributed by atoms with Gasteiger partial charge in [0.05, 0.1) is 18.7 Å². The summed E-state index contributed by atoms with van der Waals surface area (Å²) in [7, 11) is 0. The molecule has 2 aromatic rings. The minimum atomic E-state index is -1.03. The number of carbonyl (C=O) groups is 1. The molecule has 2 aliphatic rings. The van der Waals surface area contributed by atoms with Crippen LogP contribution in [0.5, 0.6) is 5.75 Å². The highest BCUT2D eigenvalue weighted by molar-refractivity contribution is 7.09. The molecule has 0 unspecified atom stereocenters. The third-order valence-electron chi connectivity index (χ3n) is 6.58. The Balaban J connectivity index is 1.19. The number of aromatic nitrogens is 1. The average molecular weight is 486 g/mol. The third-order valence-corrected chi connectivity index (χ3v) is 7.47. The Kier molecular flexibility index (Phi) is 8.91. The van der Waals surface area contributed by atoms with Crippen LogP contribution < -0.4 is 4.74 Å². The van der Waals surface area contributed by atoms with E-state index in [2.05, 4.69) is 26.6 Å². The number of likely N-dealkylation sites (tertiary alicyclic amines) is 2. The van der Waals surface area contributed by atoms with Gasteiger partial charge in [-0.05, 0) is 69.8 Å². The second kappa shape index (κ2) is 12.3. The molecule has 0 atom stereocenters. The number of hydrogen-bond acceptors (Lipinski definition) is 6. The molecular weight excluding hydrogens is 453 g/mol. The van der Waals surface area contributed by atoms with E-state index in [1.165, 1.54) is 68.1 Å². The average Bonchev–Trinajstić information content (AvgIpc) is 3.33. The number of carboxylic acid groups (broad SMARTS) is 1. The van der Waals surface area contributed by atoms with Crippen molar-refractivity contribution < 1.29 is 19.0 Å². The van der Waals surface area contributed by atoms with Crippen molar-refractivity contribution in [2.45, 2.75) is 51.0 Å². The maximum absolute atomic E-state index is 14.4. The zero-order valence-electron chi connectivity index (χ0n) is 19.5. The summed E-state index contributed by atoms with van der Waals surface area (Å²) < 4.78 is 20.0. The van der Waals surface area contributed by atoms with E-state index in [9.17, 15) is 9.18 Å². The Hall–Kier alpha value is -2.47. The number of piperidine rings is 2. The van der Waals surface area contributed by atoms with E-state index in [0.29, 0.717) is 36.4 Å². The Labute approximate surface area is 204 Å². The van der Waals surface area contributed by atoms with Gasteiger partial charge in [0.1, 0.15) is 0 Å². The summed E-state index contributed by atoms with van der Waals surface area (Å²) in [5.41, 5.74) is 2.26. The first-order valence-electron chi connectivity index (χ1n) is 12.1. The van der Waals surface area contributed by atoms with Gasteiger partial charge in [-0.3, -0.25) is 4.90 Å². The van der Waals surface area contributed by atoms with Crippen LogP contribution in [-0.2, 0) is 6.42 Å². The Morgan fingerprint density at radius 2 is 2.00 bits per heavy atom. The summed E-state index contributed by atoms with van der Waals surface area (Å²) in [5.74, 6) is 5.00. The standard InChI is InChI=1S/C26H32FN3O3S/c27-22-18-20(6-4-12-29-15-10-21(11-16-29)30-13-2-1-3-14-30)8-9-23(22)33-17-5-7-24-25(26(31)32)28-19-34-24/h8-9,18-19,21H,1-3,5,7,10-17H2,(H,31,32). The number of aromatic carboxylic acids is 1. The van der Waals surface area contributed by atoms with Crippen molar-refractivity contribution >= 4 is 17.3 Å². The van der Waals surface area contributed by atoms with Crippen LogP contribution >= 0.6 is 11.3 Å². The Morgan fingerprint density at radius 1 is 1.21 bits per heavy atom. The first-order valence-corrected chi connectivity index (χ1v) is 13.0. The third kappa shape index (κ3) is 6.78. The summed E-state index contributed by atoms with van der Waals surface area (Å²) in [6.07, 6.45) is 7.59. The van der Waals surface area contributed by atoms with Gasteiger partial charge in [-0.15, -0.1) is 11.3 Å². The highest BCUT2D eigenvalue weighted by atomic mass is 32.1. The van der Waals surface area contributed by atoms with Crippen LogP contribution in [0.2, 0.25) is 0 Å². The summed E-state index contributed by atoms with van der Waals surface area (Å²) in [6, 6.07) is 5.53. The van der Waals surface area contributed by atoms with Crippen molar-refractivity contribution in [1.82, 2.24) is 14.8 Å². The lowest BCUT2D eigenvalue weighted by Gasteiger charge is -2.39. The number of ether oxygens (including phenoxy) is 1. The molecule has 2 saturated heterocycles. The summed E-state index contributed by atoms with van der Waals surface area (Å²) >= 11 is 1.31. The molecule has 8 heteroatoms. The van der Waals surface area contributed by atoms with Gasteiger partial charge < -0.3 is 14.7 Å². The normalized spacial score (nSPS) is 17.8. The lowest BCUT2D eigenvalue weighted by molar-refractivity contribution is 0.0690. The van der Waals surface area contributed by atoms with Crippen LogP contribution in [0, 0.1) is 17.7 Å². The van der Waals surface area contributed by atoms with Crippen molar-refractivity contribution in [3.63, 3.8) is 0 Å². The van der Waals surface area contributed by atoms with Crippen molar-refractivity contribution in [3.05, 3.63) is 45.7 Å². The predicted molar refractivity (Wildman–Crippen MR) is 131 cm³/mol. The zero-order valence-corrected chi connectivity index (χ0v) is 20.3. The number of carboxylic acids is 1. The minimum absolute atomic E-state index is 0.0884. The molecule has 0 radical (unpaired) electrons. The molecule has 1 N–H and O–H groups in total. The fourth-order valence-electron chi connectivity index (χ4n) is 4.71. The number of hydrogen-bond donors (Lipinski definition) is 1. The van der Waals surface area contributed by atoms with E-state index in [0.717, 1.165) is 19.1 Å². The van der Waals surface area contributed by atoms with E-state index < -0.39 is 11.8 Å². The van der Waals surface area contributed by atoms with Gasteiger partial charge in [-0.25, -0.2) is 14.2 Å². The lowest BCUT2D eigenvalue weighted by atomic mass is 10.00. The van der Waals surface area contributed by atoms with Crippen LogP contribution in [0.25, 0.3) is 0 Å². The number of halogens is 1. The number of benzene rings is 1. The molecule has 0 aliphatic carbocycles.